The largest absolute Gasteiger partial charge is 0.368 e. The van der Waals surface area contributed by atoms with Crippen molar-refractivity contribution in [3.63, 3.8) is 0 Å². The van der Waals surface area contributed by atoms with E-state index in [1.54, 1.807) is 0 Å². The number of aliphatic hydroxyl groups excluding tert-OH is 1. The van der Waals surface area contributed by atoms with Gasteiger partial charge in [-0.15, -0.1) is 0 Å². The molecule has 1 rings (SSSR count). The van der Waals surface area contributed by atoms with Crippen LogP contribution in [-0.2, 0) is 6.42 Å². The van der Waals surface area contributed by atoms with Crippen LogP contribution in [0.4, 0.5) is 8.78 Å². The zero-order valence-corrected chi connectivity index (χ0v) is 6.17. The maximum Gasteiger partial charge on any atom is 0.155 e. The number of benzene rings is 1. The quantitative estimate of drug-likeness (QED) is 0.651. The van der Waals surface area contributed by atoms with Gasteiger partial charge in [-0.05, 0) is 12.1 Å². The zero-order chi connectivity index (χ0) is 9.14. The summed E-state index contributed by atoms with van der Waals surface area (Å²) >= 11 is 0. The van der Waals surface area contributed by atoms with E-state index < -0.39 is 24.3 Å². The van der Waals surface area contributed by atoms with Crippen LogP contribution in [0, 0.1) is 11.6 Å². The molecule has 1 aromatic rings. The highest BCUT2D eigenvalue weighted by Crippen LogP contribution is 2.13. The lowest BCUT2D eigenvalue weighted by Crippen LogP contribution is -2.11. The van der Waals surface area contributed by atoms with E-state index in [2.05, 4.69) is 0 Å². The van der Waals surface area contributed by atoms with Crippen LogP contribution >= 0.6 is 0 Å². The average molecular weight is 174 g/mol. The first-order valence-electron chi connectivity index (χ1n) is 3.40. The molecule has 0 amide bonds. The second-order valence-electron chi connectivity index (χ2n) is 2.38. The fraction of sp³-hybridized carbons (Fsp3) is 0.250. The Morgan fingerprint density at radius 2 is 1.67 bits per heavy atom. The van der Waals surface area contributed by atoms with Crippen molar-refractivity contribution in [1.29, 1.82) is 0 Å². The van der Waals surface area contributed by atoms with Crippen LogP contribution in [-0.4, -0.2) is 16.5 Å². The third-order valence-electron chi connectivity index (χ3n) is 1.45. The Balaban J connectivity index is 2.96. The molecule has 1 aromatic carbocycles. The van der Waals surface area contributed by atoms with Crippen molar-refractivity contribution in [1.82, 2.24) is 0 Å². The summed E-state index contributed by atoms with van der Waals surface area (Å²) in [6.07, 6.45) is -2.16. The van der Waals surface area contributed by atoms with Gasteiger partial charge in [0.1, 0.15) is 11.6 Å². The molecule has 4 heteroatoms. The summed E-state index contributed by atoms with van der Waals surface area (Å²) in [6, 6.07) is 3.36. The van der Waals surface area contributed by atoms with Gasteiger partial charge in [0.25, 0.3) is 0 Å². The Morgan fingerprint density at radius 1 is 1.17 bits per heavy atom. The number of hydrogen-bond acceptors (Lipinski definition) is 2. The Hall–Kier alpha value is -1.00. The normalized spacial score (nSPS) is 10.8. The second kappa shape index (κ2) is 3.60. The molecular formula is C8H8F2O2. The van der Waals surface area contributed by atoms with Crippen molar-refractivity contribution in [3.05, 3.63) is 35.4 Å². The van der Waals surface area contributed by atoms with Crippen LogP contribution in [0.15, 0.2) is 18.2 Å². The fourth-order valence-electron chi connectivity index (χ4n) is 0.910. The highest BCUT2D eigenvalue weighted by atomic mass is 19.1. The minimum absolute atomic E-state index is 0.299. The van der Waals surface area contributed by atoms with Crippen molar-refractivity contribution in [2.24, 2.45) is 0 Å². The summed E-state index contributed by atoms with van der Waals surface area (Å²) in [6.45, 7) is 0. The van der Waals surface area contributed by atoms with Crippen LogP contribution in [0.5, 0.6) is 0 Å². The van der Waals surface area contributed by atoms with Gasteiger partial charge in [-0.2, -0.15) is 0 Å². The smallest absolute Gasteiger partial charge is 0.155 e. The summed E-state index contributed by atoms with van der Waals surface area (Å²) in [4.78, 5) is 0. The summed E-state index contributed by atoms with van der Waals surface area (Å²) < 4.78 is 25.5. The minimum Gasteiger partial charge on any atom is -0.368 e. The van der Waals surface area contributed by atoms with Crippen LogP contribution in [0.3, 0.4) is 0 Å². The zero-order valence-electron chi connectivity index (χ0n) is 6.17. The van der Waals surface area contributed by atoms with E-state index in [9.17, 15) is 8.78 Å². The molecule has 0 saturated carbocycles. The van der Waals surface area contributed by atoms with E-state index >= 15 is 0 Å². The third-order valence-corrected chi connectivity index (χ3v) is 1.45. The summed E-state index contributed by atoms with van der Waals surface area (Å²) in [5.41, 5.74) is -0.299. The van der Waals surface area contributed by atoms with Crippen LogP contribution in [0.1, 0.15) is 5.56 Å². The lowest BCUT2D eigenvalue weighted by Gasteiger charge is -2.05. The molecule has 0 aliphatic carbocycles. The lowest BCUT2D eigenvalue weighted by atomic mass is 10.1. The van der Waals surface area contributed by atoms with Gasteiger partial charge in [-0.3, -0.25) is 0 Å². The molecule has 2 nitrogen and oxygen atoms in total. The van der Waals surface area contributed by atoms with Crippen molar-refractivity contribution in [3.8, 4) is 0 Å². The molecule has 0 radical (unpaired) electrons. The summed E-state index contributed by atoms with van der Waals surface area (Å²) in [5.74, 6) is -1.52. The van der Waals surface area contributed by atoms with E-state index in [1.165, 1.54) is 6.07 Å². The molecule has 2 N–H and O–H groups in total. The Labute approximate surface area is 68.1 Å². The van der Waals surface area contributed by atoms with E-state index in [1.807, 2.05) is 0 Å². The molecule has 0 aliphatic heterocycles. The Kier molecular flexibility index (Phi) is 2.73. The summed E-state index contributed by atoms with van der Waals surface area (Å²) in [5, 5.41) is 17.0. The number of aliphatic hydroxyl groups is 2. The first-order valence-corrected chi connectivity index (χ1v) is 3.40. The molecule has 12 heavy (non-hydrogen) atoms. The number of rotatable bonds is 2. The van der Waals surface area contributed by atoms with Crippen molar-refractivity contribution in [2.45, 2.75) is 12.7 Å². The highest BCUT2D eigenvalue weighted by molar-refractivity contribution is 5.19. The van der Waals surface area contributed by atoms with Crippen LogP contribution < -0.4 is 0 Å². The average Bonchev–Trinajstić information content (AvgIpc) is 1.97. The molecule has 0 aliphatic rings. The summed E-state index contributed by atoms with van der Waals surface area (Å²) in [7, 11) is 0. The SMILES string of the molecule is OC(O)Cc1c(F)cccc1F. The van der Waals surface area contributed by atoms with Gasteiger partial charge in [0.15, 0.2) is 6.29 Å². The monoisotopic (exact) mass is 174 g/mol. The van der Waals surface area contributed by atoms with Gasteiger partial charge < -0.3 is 10.2 Å². The van der Waals surface area contributed by atoms with E-state index in [-0.39, 0.29) is 5.56 Å². The maximum absolute atomic E-state index is 12.7. The Morgan fingerprint density at radius 3 is 2.08 bits per heavy atom. The molecule has 0 saturated heterocycles. The molecular weight excluding hydrogens is 166 g/mol. The minimum atomic E-state index is -1.73. The molecule has 0 heterocycles. The molecule has 0 unspecified atom stereocenters. The van der Waals surface area contributed by atoms with Crippen molar-refractivity contribution >= 4 is 0 Å². The first-order chi connectivity index (χ1) is 5.61. The number of halogens is 2. The van der Waals surface area contributed by atoms with E-state index in [0.717, 1.165) is 12.1 Å². The van der Waals surface area contributed by atoms with Gasteiger partial charge in [0, 0.05) is 12.0 Å². The molecule has 0 fully saturated rings. The third kappa shape index (κ3) is 1.99. The van der Waals surface area contributed by atoms with Gasteiger partial charge in [0.2, 0.25) is 0 Å². The molecule has 0 spiro atoms. The lowest BCUT2D eigenvalue weighted by molar-refractivity contribution is -0.0392. The number of hydrogen-bond donors (Lipinski definition) is 2. The molecule has 0 bridgehead atoms. The second-order valence-corrected chi connectivity index (χ2v) is 2.38. The standard InChI is InChI=1S/C8H8F2O2/c9-6-2-1-3-7(10)5(6)4-8(11)12/h1-3,8,11-12H,4H2. The van der Waals surface area contributed by atoms with E-state index in [0.29, 0.717) is 0 Å². The topological polar surface area (TPSA) is 40.5 Å². The predicted molar refractivity (Wildman–Crippen MR) is 38.3 cm³/mol. The van der Waals surface area contributed by atoms with Crippen molar-refractivity contribution < 1.29 is 19.0 Å². The molecule has 0 atom stereocenters. The van der Waals surface area contributed by atoms with Gasteiger partial charge in [-0.25, -0.2) is 8.78 Å². The van der Waals surface area contributed by atoms with Crippen molar-refractivity contribution in [2.75, 3.05) is 0 Å². The van der Waals surface area contributed by atoms with Crippen LogP contribution in [0.2, 0.25) is 0 Å². The molecule has 0 aromatic heterocycles. The Bertz CT molecular complexity index is 254. The van der Waals surface area contributed by atoms with Gasteiger partial charge >= 0.3 is 0 Å². The highest BCUT2D eigenvalue weighted by Gasteiger charge is 2.10. The predicted octanol–water partition coefficient (Wildman–Crippen LogP) is 0.818. The van der Waals surface area contributed by atoms with Gasteiger partial charge in [0.05, 0.1) is 0 Å². The van der Waals surface area contributed by atoms with Crippen LogP contribution in [0.25, 0.3) is 0 Å². The fourth-order valence-corrected chi connectivity index (χ4v) is 0.910. The van der Waals surface area contributed by atoms with Gasteiger partial charge in [-0.1, -0.05) is 6.07 Å². The van der Waals surface area contributed by atoms with E-state index in [4.69, 9.17) is 10.2 Å². The maximum atomic E-state index is 12.7. The first kappa shape index (κ1) is 9.09. The molecule has 66 valence electrons.